The summed E-state index contributed by atoms with van der Waals surface area (Å²) >= 11 is 6.14. The Balaban J connectivity index is 2.45. The van der Waals surface area contributed by atoms with Crippen molar-refractivity contribution in [3.05, 3.63) is 68.3 Å². The Hall–Kier alpha value is -2.59. The lowest BCUT2D eigenvalue weighted by molar-refractivity contribution is 0.0697. The zero-order valence-corrected chi connectivity index (χ0v) is 13.3. The zero-order chi connectivity index (χ0) is 16.7. The van der Waals surface area contributed by atoms with E-state index in [1.165, 1.54) is 6.07 Å². The summed E-state index contributed by atoms with van der Waals surface area (Å²) in [5.74, 6) is -0.880. The molecule has 1 aromatic heterocycles. The fourth-order valence-electron chi connectivity index (χ4n) is 2.57. The lowest BCUT2D eigenvalue weighted by atomic mass is 9.99. The first kappa shape index (κ1) is 15.3. The number of aromatic carboxylic acids is 1. The Morgan fingerprint density at radius 3 is 2.52 bits per heavy atom. The second-order valence-corrected chi connectivity index (χ2v) is 5.74. The lowest BCUT2D eigenvalue weighted by Crippen LogP contribution is -2.08. The smallest absolute Gasteiger partial charge is 0.339 e. The van der Waals surface area contributed by atoms with Crippen molar-refractivity contribution in [2.24, 2.45) is 0 Å². The maximum Gasteiger partial charge on any atom is 0.339 e. The molecular formula is C18H13ClO4. The molecule has 0 fully saturated rings. The van der Waals surface area contributed by atoms with Crippen LogP contribution in [0, 0.1) is 13.8 Å². The van der Waals surface area contributed by atoms with E-state index in [9.17, 15) is 14.7 Å². The van der Waals surface area contributed by atoms with Gasteiger partial charge in [0.05, 0.1) is 10.4 Å². The minimum Gasteiger partial charge on any atom is -0.478 e. The summed E-state index contributed by atoms with van der Waals surface area (Å²) < 4.78 is 5.77. The Morgan fingerprint density at radius 2 is 1.87 bits per heavy atom. The van der Waals surface area contributed by atoms with E-state index >= 15 is 0 Å². The number of carboxylic acid groups (broad SMARTS) is 1. The van der Waals surface area contributed by atoms with Gasteiger partial charge < -0.3 is 9.52 Å². The van der Waals surface area contributed by atoms with Crippen LogP contribution in [0.1, 0.15) is 21.5 Å². The number of aryl methyl sites for hydroxylation is 1. The van der Waals surface area contributed by atoms with E-state index in [1.54, 1.807) is 44.2 Å². The molecule has 3 aromatic rings. The summed E-state index contributed by atoms with van der Waals surface area (Å²) in [6.07, 6.45) is 0. The van der Waals surface area contributed by atoms with E-state index in [1.807, 2.05) is 0 Å². The van der Waals surface area contributed by atoms with Gasteiger partial charge >= 0.3 is 5.97 Å². The van der Waals surface area contributed by atoms with Gasteiger partial charge in [-0.25, -0.2) is 4.79 Å². The van der Waals surface area contributed by atoms with Crippen LogP contribution in [0.15, 0.2) is 45.6 Å². The van der Waals surface area contributed by atoms with Gasteiger partial charge in [-0.3, -0.25) is 4.79 Å². The number of rotatable bonds is 2. The lowest BCUT2D eigenvalue weighted by Gasteiger charge is -2.10. The number of hydrogen-bond donors (Lipinski definition) is 1. The van der Waals surface area contributed by atoms with Gasteiger partial charge in [-0.1, -0.05) is 23.7 Å². The molecule has 4 nitrogen and oxygen atoms in total. The van der Waals surface area contributed by atoms with Crippen molar-refractivity contribution >= 4 is 28.5 Å². The van der Waals surface area contributed by atoms with Crippen molar-refractivity contribution in [1.29, 1.82) is 0 Å². The van der Waals surface area contributed by atoms with E-state index in [2.05, 4.69) is 0 Å². The first-order valence-corrected chi connectivity index (χ1v) is 7.34. The van der Waals surface area contributed by atoms with Gasteiger partial charge in [0.25, 0.3) is 0 Å². The molecule has 0 radical (unpaired) electrons. The van der Waals surface area contributed by atoms with E-state index in [-0.39, 0.29) is 27.7 Å². The molecule has 0 bridgehead atoms. The van der Waals surface area contributed by atoms with Gasteiger partial charge in [0.15, 0.2) is 11.0 Å². The quantitative estimate of drug-likeness (QED) is 0.755. The van der Waals surface area contributed by atoms with Gasteiger partial charge in [-0.15, -0.1) is 0 Å². The van der Waals surface area contributed by atoms with Crippen LogP contribution in [0.3, 0.4) is 0 Å². The fraction of sp³-hybridized carbons (Fsp3) is 0.111. The minimum absolute atomic E-state index is 0.00556. The molecule has 0 atom stereocenters. The van der Waals surface area contributed by atoms with Crippen molar-refractivity contribution in [3.63, 3.8) is 0 Å². The van der Waals surface area contributed by atoms with Crippen molar-refractivity contribution < 1.29 is 14.3 Å². The molecule has 23 heavy (non-hydrogen) atoms. The molecule has 1 N–H and O–H groups in total. The summed E-state index contributed by atoms with van der Waals surface area (Å²) in [5.41, 5.74) is 1.63. The topological polar surface area (TPSA) is 67.5 Å². The number of fused-ring (bicyclic) bond motifs is 1. The van der Waals surface area contributed by atoms with Crippen LogP contribution in [0.4, 0.5) is 0 Å². The van der Waals surface area contributed by atoms with Crippen LogP contribution >= 0.6 is 11.6 Å². The third-order valence-corrected chi connectivity index (χ3v) is 4.22. The monoisotopic (exact) mass is 328 g/mol. The molecule has 3 rings (SSSR count). The first-order chi connectivity index (χ1) is 10.9. The van der Waals surface area contributed by atoms with Gasteiger partial charge in [0.2, 0.25) is 0 Å². The van der Waals surface area contributed by atoms with Gasteiger partial charge in [0, 0.05) is 11.6 Å². The second-order valence-electron chi connectivity index (χ2n) is 5.33. The Labute approximate surface area is 136 Å². The molecule has 0 saturated heterocycles. The number of carboxylic acids is 1. The van der Waals surface area contributed by atoms with Crippen molar-refractivity contribution in [1.82, 2.24) is 0 Å². The maximum atomic E-state index is 12.4. The van der Waals surface area contributed by atoms with Crippen LogP contribution in [-0.4, -0.2) is 11.1 Å². The third kappa shape index (κ3) is 2.51. The Morgan fingerprint density at radius 1 is 1.17 bits per heavy atom. The fourth-order valence-corrected chi connectivity index (χ4v) is 2.80. The summed E-state index contributed by atoms with van der Waals surface area (Å²) in [6.45, 7) is 3.46. The predicted octanol–water partition coefficient (Wildman–Crippen LogP) is 4.43. The molecule has 0 aliphatic carbocycles. The Kier molecular flexibility index (Phi) is 3.70. The number of benzene rings is 2. The van der Waals surface area contributed by atoms with E-state index in [0.717, 1.165) is 5.56 Å². The van der Waals surface area contributed by atoms with Crippen molar-refractivity contribution in [2.45, 2.75) is 13.8 Å². The highest BCUT2D eigenvalue weighted by atomic mass is 35.5. The number of halogens is 1. The maximum absolute atomic E-state index is 12.4. The van der Waals surface area contributed by atoms with Gasteiger partial charge in [0.1, 0.15) is 11.3 Å². The highest BCUT2D eigenvalue weighted by Crippen LogP contribution is 2.31. The van der Waals surface area contributed by atoms with E-state index < -0.39 is 5.97 Å². The average molecular weight is 329 g/mol. The molecule has 116 valence electrons. The summed E-state index contributed by atoms with van der Waals surface area (Å²) in [7, 11) is 0. The predicted molar refractivity (Wildman–Crippen MR) is 89.4 cm³/mol. The van der Waals surface area contributed by atoms with Crippen LogP contribution in [0.5, 0.6) is 0 Å². The highest BCUT2D eigenvalue weighted by Gasteiger charge is 2.19. The first-order valence-electron chi connectivity index (χ1n) is 6.96. The molecule has 0 amide bonds. The van der Waals surface area contributed by atoms with Crippen LogP contribution < -0.4 is 5.43 Å². The summed E-state index contributed by atoms with van der Waals surface area (Å²) in [4.78, 5) is 24.1. The standard InChI is InChI=1S/C18H13ClO4/c1-9-7-12-14(20)8-15(11-5-3-4-6-13(11)19)23-17(12)16(10(9)2)18(21)22/h3-8H,1-2H3,(H,21,22). The normalized spacial score (nSPS) is 10.9. The van der Waals surface area contributed by atoms with Crippen molar-refractivity contribution in [2.75, 3.05) is 0 Å². The number of hydrogen-bond acceptors (Lipinski definition) is 3. The molecule has 1 heterocycles. The Bertz CT molecular complexity index is 1000. The summed E-state index contributed by atoms with van der Waals surface area (Å²) in [6, 6.07) is 9.92. The average Bonchev–Trinajstić information content (AvgIpc) is 2.49. The molecule has 5 heteroatoms. The largest absolute Gasteiger partial charge is 0.478 e. The molecule has 0 aliphatic heterocycles. The zero-order valence-electron chi connectivity index (χ0n) is 12.5. The van der Waals surface area contributed by atoms with Crippen molar-refractivity contribution in [3.8, 4) is 11.3 Å². The van der Waals surface area contributed by atoms with Gasteiger partial charge in [-0.2, -0.15) is 0 Å². The second kappa shape index (κ2) is 5.56. The summed E-state index contributed by atoms with van der Waals surface area (Å²) in [5, 5.41) is 10.2. The van der Waals surface area contributed by atoms with Crippen LogP contribution in [0.25, 0.3) is 22.3 Å². The van der Waals surface area contributed by atoms with Crippen LogP contribution in [-0.2, 0) is 0 Å². The molecule has 0 spiro atoms. The van der Waals surface area contributed by atoms with Gasteiger partial charge in [-0.05, 0) is 43.2 Å². The third-order valence-electron chi connectivity index (χ3n) is 3.89. The van der Waals surface area contributed by atoms with Crippen LogP contribution in [0.2, 0.25) is 5.02 Å². The molecule has 2 aromatic carbocycles. The minimum atomic E-state index is -1.13. The SMILES string of the molecule is Cc1cc2c(=O)cc(-c3ccccc3Cl)oc2c(C(=O)O)c1C. The molecule has 0 saturated carbocycles. The highest BCUT2D eigenvalue weighted by molar-refractivity contribution is 6.33. The van der Waals surface area contributed by atoms with E-state index in [4.69, 9.17) is 16.0 Å². The number of carbonyl (C=O) groups is 1. The molecular weight excluding hydrogens is 316 g/mol. The van der Waals surface area contributed by atoms with E-state index in [0.29, 0.717) is 16.1 Å². The molecule has 0 unspecified atom stereocenters. The molecule has 0 aliphatic rings.